The summed E-state index contributed by atoms with van der Waals surface area (Å²) in [5, 5.41) is 13.8. The van der Waals surface area contributed by atoms with Gasteiger partial charge >= 0.3 is 0 Å². The van der Waals surface area contributed by atoms with Gasteiger partial charge in [0, 0.05) is 12.6 Å². The van der Waals surface area contributed by atoms with Gasteiger partial charge in [-0.2, -0.15) is 0 Å². The topological polar surface area (TPSA) is 76.1 Å². The van der Waals surface area contributed by atoms with Crippen LogP contribution in [0.4, 0.5) is 0 Å². The zero-order valence-electron chi connectivity index (χ0n) is 11.9. The van der Waals surface area contributed by atoms with Crippen LogP contribution in [0.3, 0.4) is 0 Å². The lowest BCUT2D eigenvalue weighted by Crippen LogP contribution is -2.30. The van der Waals surface area contributed by atoms with E-state index in [-0.39, 0.29) is 5.91 Å². The standard InChI is InChI=1S/C14H22N4O2/c1-2-16-14(19)12-5-6-13(18-17-12)20-9-7-11-4-3-8-15-10-11/h5-6,11,15H,2-4,7-10H2,1H3,(H,16,19). The Kier molecular flexibility index (Phi) is 5.73. The third-order valence-electron chi connectivity index (χ3n) is 3.39. The number of amides is 1. The fraction of sp³-hybridized carbons (Fsp3) is 0.643. The number of nitrogens with one attached hydrogen (secondary N) is 2. The van der Waals surface area contributed by atoms with Crippen molar-refractivity contribution in [3.05, 3.63) is 17.8 Å². The molecule has 1 aromatic heterocycles. The van der Waals surface area contributed by atoms with Crippen molar-refractivity contribution in [3.63, 3.8) is 0 Å². The zero-order valence-corrected chi connectivity index (χ0v) is 11.9. The summed E-state index contributed by atoms with van der Waals surface area (Å²) in [7, 11) is 0. The summed E-state index contributed by atoms with van der Waals surface area (Å²) in [6.45, 7) is 5.29. The van der Waals surface area contributed by atoms with E-state index in [0.717, 1.165) is 19.5 Å². The van der Waals surface area contributed by atoms with Crippen LogP contribution in [-0.4, -0.2) is 42.3 Å². The molecule has 2 rings (SSSR count). The molecule has 20 heavy (non-hydrogen) atoms. The van der Waals surface area contributed by atoms with E-state index in [1.54, 1.807) is 12.1 Å². The van der Waals surface area contributed by atoms with Crippen LogP contribution in [0.2, 0.25) is 0 Å². The highest BCUT2D eigenvalue weighted by Crippen LogP contribution is 2.14. The highest BCUT2D eigenvalue weighted by molar-refractivity contribution is 5.91. The predicted octanol–water partition coefficient (Wildman–Crippen LogP) is 0.995. The van der Waals surface area contributed by atoms with E-state index in [1.165, 1.54) is 12.8 Å². The monoisotopic (exact) mass is 278 g/mol. The molecule has 1 atom stereocenters. The SMILES string of the molecule is CCNC(=O)c1ccc(OCCC2CCCNC2)nn1. The van der Waals surface area contributed by atoms with Crippen molar-refractivity contribution in [2.24, 2.45) is 5.92 Å². The number of carbonyl (C=O) groups is 1. The van der Waals surface area contributed by atoms with Gasteiger partial charge in [-0.25, -0.2) is 0 Å². The molecule has 0 bridgehead atoms. The number of aromatic nitrogens is 2. The Balaban J connectivity index is 1.74. The van der Waals surface area contributed by atoms with E-state index in [1.807, 2.05) is 6.92 Å². The largest absolute Gasteiger partial charge is 0.477 e. The van der Waals surface area contributed by atoms with E-state index in [2.05, 4.69) is 20.8 Å². The number of hydrogen-bond donors (Lipinski definition) is 2. The lowest BCUT2D eigenvalue weighted by Gasteiger charge is -2.22. The summed E-state index contributed by atoms with van der Waals surface area (Å²) in [5.41, 5.74) is 0.315. The third-order valence-corrected chi connectivity index (χ3v) is 3.39. The summed E-state index contributed by atoms with van der Waals surface area (Å²) in [6, 6.07) is 3.33. The maximum atomic E-state index is 11.5. The van der Waals surface area contributed by atoms with Crippen molar-refractivity contribution in [2.45, 2.75) is 26.2 Å². The van der Waals surface area contributed by atoms with Crippen LogP contribution < -0.4 is 15.4 Å². The van der Waals surface area contributed by atoms with Gasteiger partial charge in [-0.15, -0.1) is 10.2 Å². The van der Waals surface area contributed by atoms with Crippen LogP contribution in [-0.2, 0) is 0 Å². The first-order valence-electron chi connectivity index (χ1n) is 7.25. The number of nitrogens with zero attached hydrogens (tertiary/aromatic N) is 2. The van der Waals surface area contributed by atoms with Crippen LogP contribution in [0.1, 0.15) is 36.7 Å². The van der Waals surface area contributed by atoms with Gasteiger partial charge in [0.2, 0.25) is 5.88 Å². The molecule has 0 spiro atoms. The van der Waals surface area contributed by atoms with E-state index >= 15 is 0 Å². The van der Waals surface area contributed by atoms with Gasteiger partial charge in [0.1, 0.15) is 0 Å². The first kappa shape index (κ1) is 14.7. The molecule has 0 radical (unpaired) electrons. The number of rotatable bonds is 6. The smallest absolute Gasteiger partial charge is 0.271 e. The highest BCUT2D eigenvalue weighted by Gasteiger charge is 2.13. The van der Waals surface area contributed by atoms with Gasteiger partial charge in [0.15, 0.2) is 5.69 Å². The average Bonchev–Trinajstić information content (AvgIpc) is 2.49. The van der Waals surface area contributed by atoms with Crippen molar-refractivity contribution in [1.82, 2.24) is 20.8 Å². The Morgan fingerprint density at radius 3 is 3.05 bits per heavy atom. The molecule has 0 aliphatic carbocycles. The molecule has 2 N–H and O–H groups in total. The lowest BCUT2D eigenvalue weighted by molar-refractivity contribution is 0.0949. The molecule has 0 aromatic carbocycles. The number of ether oxygens (including phenoxy) is 1. The van der Waals surface area contributed by atoms with Crippen LogP contribution >= 0.6 is 0 Å². The molecule has 6 nitrogen and oxygen atoms in total. The van der Waals surface area contributed by atoms with Crippen molar-refractivity contribution < 1.29 is 9.53 Å². The maximum absolute atomic E-state index is 11.5. The Morgan fingerprint density at radius 2 is 2.40 bits per heavy atom. The van der Waals surface area contributed by atoms with E-state index in [4.69, 9.17) is 4.74 Å². The van der Waals surface area contributed by atoms with Crippen LogP contribution in [0.25, 0.3) is 0 Å². The molecular weight excluding hydrogens is 256 g/mol. The van der Waals surface area contributed by atoms with Gasteiger partial charge in [-0.1, -0.05) is 0 Å². The minimum Gasteiger partial charge on any atom is -0.477 e. The van der Waals surface area contributed by atoms with Crippen LogP contribution in [0.15, 0.2) is 12.1 Å². The van der Waals surface area contributed by atoms with E-state index < -0.39 is 0 Å². The van der Waals surface area contributed by atoms with Crippen LogP contribution in [0, 0.1) is 5.92 Å². The number of hydrogen-bond acceptors (Lipinski definition) is 5. The van der Waals surface area contributed by atoms with E-state index in [0.29, 0.717) is 30.6 Å². The minimum atomic E-state index is -0.208. The Bertz CT molecular complexity index is 416. The van der Waals surface area contributed by atoms with Gasteiger partial charge in [-0.05, 0) is 51.3 Å². The molecule has 6 heteroatoms. The van der Waals surface area contributed by atoms with Crippen molar-refractivity contribution >= 4 is 5.91 Å². The first-order valence-corrected chi connectivity index (χ1v) is 7.25. The van der Waals surface area contributed by atoms with Crippen LogP contribution in [0.5, 0.6) is 5.88 Å². The van der Waals surface area contributed by atoms with Crippen molar-refractivity contribution in [1.29, 1.82) is 0 Å². The summed E-state index contributed by atoms with van der Waals surface area (Å²) < 4.78 is 5.57. The predicted molar refractivity (Wildman–Crippen MR) is 75.7 cm³/mol. The van der Waals surface area contributed by atoms with Gasteiger partial charge < -0.3 is 15.4 Å². The molecule has 110 valence electrons. The first-order chi connectivity index (χ1) is 9.79. The molecular formula is C14H22N4O2. The fourth-order valence-corrected chi connectivity index (χ4v) is 2.27. The Labute approximate surface area is 119 Å². The van der Waals surface area contributed by atoms with Gasteiger partial charge in [0.25, 0.3) is 5.91 Å². The molecule has 0 saturated carbocycles. The molecule has 1 unspecified atom stereocenters. The summed E-state index contributed by atoms with van der Waals surface area (Å²) >= 11 is 0. The normalized spacial score (nSPS) is 18.6. The minimum absolute atomic E-state index is 0.208. The van der Waals surface area contributed by atoms with Crippen molar-refractivity contribution in [3.8, 4) is 5.88 Å². The summed E-state index contributed by atoms with van der Waals surface area (Å²) in [5.74, 6) is 0.952. The van der Waals surface area contributed by atoms with Gasteiger partial charge in [0.05, 0.1) is 6.61 Å². The number of piperidine rings is 1. The number of carbonyl (C=O) groups excluding carboxylic acids is 1. The molecule has 1 fully saturated rings. The second kappa shape index (κ2) is 7.79. The average molecular weight is 278 g/mol. The molecule has 2 heterocycles. The molecule has 1 amide bonds. The lowest BCUT2D eigenvalue weighted by atomic mass is 9.97. The van der Waals surface area contributed by atoms with E-state index in [9.17, 15) is 4.79 Å². The fourth-order valence-electron chi connectivity index (χ4n) is 2.27. The molecule has 1 aromatic rings. The zero-order chi connectivity index (χ0) is 14.2. The second-order valence-electron chi connectivity index (χ2n) is 4.97. The van der Waals surface area contributed by atoms with Crippen molar-refractivity contribution in [2.75, 3.05) is 26.2 Å². The molecule has 1 aliphatic rings. The maximum Gasteiger partial charge on any atom is 0.271 e. The highest BCUT2D eigenvalue weighted by atomic mass is 16.5. The Morgan fingerprint density at radius 1 is 1.50 bits per heavy atom. The quantitative estimate of drug-likeness (QED) is 0.811. The molecule has 1 aliphatic heterocycles. The Hall–Kier alpha value is -1.69. The second-order valence-corrected chi connectivity index (χ2v) is 4.97. The molecule has 1 saturated heterocycles. The third kappa shape index (κ3) is 4.45. The summed E-state index contributed by atoms with van der Waals surface area (Å²) in [6.07, 6.45) is 3.52. The van der Waals surface area contributed by atoms with Gasteiger partial charge in [-0.3, -0.25) is 4.79 Å². The summed E-state index contributed by atoms with van der Waals surface area (Å²) in [4.78, 5) is 11.5.